The van der Waals surface area contributed by atoms with E-state index in [1.165, 1.54) is 11.8 Å². The van der Waals surface area contributed by atoms with Gasteiger partial charge in [0.15, 0.2) is 5.16 Å². The van der Waals surface area contributed by atoms with Crippen molar-refractivity contribution in [2.24, 2.45) is 0 Å². The number of thioether (sulfide) groups is 1. The quantitative estimate of drug-likeness (QED) is 0.686. The number of nitrogens with one attached hydrogen (secondary N) is 1. The van der Waals surface area contributed by atoms with Crippen LogP contribution in [0.4, 0.5) is 0 Å². The Balaban J connectivity index is 2.06. The summed E-state index contributed by atoms with van der Waals surface area (Å²) in [5, 5.41) is 3.47. The zero-order valence-electron chi connectivity index (χ0n) is 10.9. The number of rotatable bonds is 4. The van der Waals surface area contributed by atoms with Crippen molar-refractivity contribution in [3.8, 4) is 0 Å². The lowest BCUT2D eigenvalue weighted by molar-refractivity contribution is 0.0945. The first-order chi connectivity index (χ1) is 9.19. The number of aromatic nitrogens is 2. The van der Waals surface area contributed by atoms with Crippen molar-refractivity contribution in [3.05, 3.63) is 53.3 Å². The van der Waals surface area contributed by atoms with Gasteiger partial charge in [-0.2, -0.15) is 0 Å². The van der Waals surface area contributed by atoms with Gasteiger partial charge in [0.2, 0.25) is 0 Å². The van der Waals surface area contributed by atoms with Gasteiger partial charge in [0.25, 0.3) is 5.91 Å². The molecule has 0 aliphatic carbocycles. The fourth-order valence-corrected chi connectivity index (χ4v) is 2.04. The second-order valence-electron chi connectivity index (χ2n) is 4.05. The number of hydrogen-bond donors (Lipinski definition) is 1. The lowest BCUT2D eigenvalue weighted by atomic mass is 10.2. The number of aryl methyl sites for hydroxylation is 1. The molecule has 2 aromatic rings. The molecule has 0 fully saturated rings. The Hall–Kier alpha value is -1.88. The van der Waals surface area contributed by atoms with E-state index in [-0.39, 0.29) is 5.91 Å². The first-order valence-electron chi connectivity index (χ1n) is 5.91. The normalized spacial score (nSPS) is 10.2. The van der Waals surface area contributed by atoms with E-state index in [1.54, 1.807) is 6.07 Å². The smallest absolute Gasteiger partial charge is 0.270 e. The van der Waals surface area contributed by atoms with Gasteiger partial charge in [-0.05, 0) is 24.8 Å². The molecule has 1 amide bonds. The first kappa shape index (κ1) is 13.5. The summed E-state index contributed by atoms with van der Waals surface area (Å²) in [6.07, 6.45) is 1.89. The molecule has 0 saturated heterocycles. The van der Waals surface area contributed by atoms with Gasteiger partial charge >= 0.3 is 0 Å². The second-order valence-corrected chi connectivity index (χ2v) is 4.82. The summed E-state index contributed by atoms with van der Waals surface area (Å²) >= 11 is 1.43. The predicted octanol–water partition coefficient (Wildman–Crippen LogP) is 2.44. The van der Waals surface area contributed by atoms with Crippen LogP contribution in [0.5, 0.6) is 0 Å². The fraction of sp³-hybridized carbons (Fsp3) is 0.214. The Bertz CT molecular complexity index is 572. The van der Waals surface area contributed by atoms with Gasteiger partial charge in [-0.3, -0.25) is 4.79 Å². The van der Waals surface area contributed by atoms with E-state index < -0.39 is 0 Å². The summed E-state index contributed by atoms with van der Waals surface area (Å²) in [6.45, 7) is 2.35. The summed E-state index contributed by atoms with van der Waals surface area (Å²) in [5.74, 6) is -0.176. The number of nitrogens with zero attached hydrogens (tertiary/aromatic N) is 2. The molecule has 1 N–H and O–H groups in total. The molecule has 0 bridgehead atoms. The molecule has 2 rings (SSSR count). The van der Waals surface area contributed by atoms with Crippen molar-refractivity contribution >= 4 is 17.7 Å². The molecule has 19 heavy (non-hydrogen) atoms. The van der Waals surface area contributed by atoms with Crippen LogP contribution in [0.2, 0.25) is 0 Å². The lowest BCUT2D eigenvalue weighted by Crippen LogP contribution is -2.24. The Morgan fingerprint density at radius 1 is 1.26 bits per heavy atom. The van der Waals surface area contributed by atoms with Gasteiger partial charge in [0.1, 0.15) is 5.69 Å². The monoisotopic (exact) mass is 273 g/mol. The standard InChI is InChI=1S/C14H15N3OS/c1-10-8-12(17-14(16-10)19-2)13(18)15-9-11-6-4-3-5-7-11/h3-8H,9H2,1-2H3,(H,15,18). The van der Waals surface area contributed by atoms with Crippen LogP contribution in [0.1, 0.15) is 21.7 Å². The molecule has 1 aromatic heterocycles. The molecule has 1 aromatic carbocycles. The molecule has 1 heterocycles. The molecule has 0 aliphatic heterocycles. The van der Waals surface area contributed by atoms with Crippen LogP contribution in [0.25, 0.3) is 0 Å². The fourth-order valence-electron chi connectivity index (χ4n) is 1.62. The predicted molar refractivity (Wildman–Crippen MR) is 76.2 cm³/mol. The molecule has 0 aliphatic rings. The zero-order valence-corrected chi connectivity index (χ0v) is 11.7. The minimum Gasteiger partial charge on any atom is -0.347 e. The molecule has 0 unspecified atom stereocenters. The first-order valence-corrected chi connectivity index (χ1v) is 7.13. The highest BCUT2D eigenvalue weighted by molar-refractivity contribution is 7.98. The van der Waals surface area contributed by atoms with Crippen molar-refractivity contribution in [3.63, 3.8) is 0 Å². The van der Waals surface area contributed by atoms with Gasteiger partial charge in [-0.1, -0.05) is 42.1 Å². The number of hydrogen-bond acceptors (Lipinski definition) is 4. The van der Waals surface area contributed by atoms with Crippen molar-refractivity contribution in [2.45, 2.75) is 18.6 Å². The maximum atomic E-state index is 12.0. The average Bonchev–Trinajstić information content (AvgIpc) is 2.45. The van der Waals surface area contributed by atoms with E-state index >= 15 is 0 Å². The van der Waals surface area contributed by atoms with E-state index in [1.807, 2.05) is 43.5 Å². The van der Waals surface area contributed by atoms with Crippen LogP contribution in [0, 0.1) is 6.92 Å². The zero-order chi connectivity index (χ0) is 13.7. The van der Waals surface area contributed by atoms with Crippen molar-refractivity contribution in [1.82, 2.24) is 15.3 Å². The van der Waals surface area contributed by atoms with Gasteiger partial charge in [0, 0.05) is 12.2 Å². The largest absolute Gasteiger partial charge is 0.347 e. The van der Waals surface area contributed by atoms with Crippen LogP contribution in [0.3, 0.4) is 0 Å². The molecule has 4 nitrogen and oxygen atoms in total. The van der Waals surface area contributed by atoms with Gasteiger partial charge in [0.05, 0.1) is 0 Å². The summed E-state index contributed by atoms with van der Waals surface area (Å²) < 4.78 is 0. The molecular weight excluding hydrogens is 258 g/mol. The molecule has 98 valence electrons. The minimum absolute atomic E-state index is 0.176. The minimum atomic E-state index is -0.176. The molecule has 0 saturated carbocycles. The van der Waals surface area contributed by atoms with Crippen molar-refractivity contribution in [2.75, 3.05) is 6.26 Å². The maximum Gasteiger partial charge on any atom is 0.270 e. The highest BCUT2D eigenvalue weighted by atomic mass is 32.2. The molecule has 0 radical (unpaired) electrons. The number of amides is 1. The van der Waals surface area contributed by atoms with Crippen molar-refractivity contribution < 1.29 is 4.79 Å². The third-order valence-electron chi connectivity index (χ3n) is 2.54. The van der Waals surface area contributed by atoms with Gasteiger partial charge in [-0.25, -0.2) is 9.97 Å². The third-order valence-corrected chi connectivity index (χ3v) is 3.09. The van der Waals surface area contributed by atoms with E-state index in [0.717, 1.165) is 11.3 Å². The third kappa shape index (κ3) is 3.79. The van der Waals surface area contributed by atoms with Crippen molar-refractivity contribution in [1.29, 1.82) is 0 Å². The van der Waals surface area contributed by atoms with Gasteiger partial charge < -0.3 is 5.32 Å². The SMILES string of the molecule is CSc1nc(C)cc(C(=O)NCc2ccccc2)n1. The van der Waals surface area contributed by atoms with E-state index in [9.17, 15) is 4.79 Å². The van der Waals surface area contributed by atoms with Crippen LogP contribution in [0.15, 0.2) is 41.6 Å². The molecule has 5 heteroatoms. The Morgan fingerprint density at radius 3 is 2.68 bits per heavy atom. The Labute approximate surface area is 116 Å². The number of carbonyl (C=O) groups excluding carboxylic acids is 1. The topological polar surface area (TPSA) is 54.9 Å². The molecule has 0 spiro atoms. The molecule has 0 atom stereocenters. The Kier molecular flexibility index (Phi) is 4.52. The molecular formula is C14H15N3OS. The lowest BCUT2D eigenvalue weighted by Gasteiger charge is -2.06. The summed E-state index contributed by atoms with van der Waals surface area (Å²) in [5.41, 5.74) is 2.27. The van der Waals surface area contributed by atoms with E-state index in [2.05, 4.69) is 15.3 Å². The summed E-state index contributed by atoms with van der Waals surface area (Å²) in [7, 11) is 0. The van der Waals surface area contributed by atoms with E-state index in [0.29, 0.717) is 17.4 Å². The summed E-state index contributed by atoms with van der Waals surface area (Å²) in [6, 6.07) is 11.5. The maximum absolute atomic E-state index is 12.0. The van der Waals surface area contributed by atoms with Gasteiger partial charge in [-0.15, -0.1) is 0 Å². The van der Waals surface area contributed by atoms with Crippen LogP contribution in [-0.2, 0) is 6.54 Å². The number of benzene rings is 1. The van der Waals surface area contributed by atoms with Crippen LogP contribution in [-0.4, -0.2) is 22.1 Å². The highest BCUT2D eigenvalue weighted by Crippen LogP contribution is 2.10. The average molecular weight is 273 g/mol. The highest BCUT2D eigenvalue weighted by Gasteiger charge is 2.09. The van der Waals surface area contributed by atoms with Crippen LogP contribution >= 0.6 is 11.8 Å². The van der Waals surface area contributed by atoms with Crippen LogP contribution < -0.4 is 5.32 Å². The van der Waals surface area contributed by atoms with E-state index in [4.69, 9.17) is 0 Å². The summed E-state index contributed by atoms with van der Waals surface area (Å²) in [4.78, 5) is 20.5. The Morgan fingerprint density at radius 2 is 2.00 bits per heavy atom. The number of carbonyl (C=O) groups is 1. The second kappa shape index (κ2) is 6.33.